The summed E-state index contributed by atoms with van der Waals surface area (Å²) >= 11 is 0. The maximum absolute atomic E-state index is 12.0. The molecule has 116 valence electrons. The van der Waals surface area contributed by atoms with E-state index in [9.17, 15) is 9.90 Å². The minimum absolute atomic E-state index is 0.0581. The second-order valence-electron chi connectivity index (χ2n) is 5.41. The molecular formula is C19H23NO2. The highest BCUT2D eigenvalue weighted by atomic mass is 16.3. The maximum atomic E-state index is 12.0. The fourth-order valence-electron chi connectivity index (χ4n) is 2.50. The van der Waals surface area contributed by atoms with E-state index in [2.05, 4.69) is 5.32 Å². The smallest absolute Gasteiger partial charge is 0.220 e. The van der Waals surface area contributed by atoms with Gasteiger partial charge in [0, 0.05) is 25.5 Å². The van der Waals surface area contributed by atoms with E-state index < -0.39 is 0 Å². The van der Waals surface area contributed by atoms with Crippen LogP contribution in [0.3, 0.4) is 0 Å². The first-order chi connectivity index (χ1) is 10.8. The summed E-state index contributed by atoms with van der Waals surface area (Å²) in [7, 11) is 0. The van der Waals surface area contributed by atoms with E-state index in [0.717, 1.165) is 12.0 Å². The van der Waals surface area contributed by atoms with Gasteiger partial charge in [-0.2, -0.15) is 0 Å². The van der Waals surface area contributed by atoms with Crippen molar-refractivity contribution in [1.29, 1.82) is 0 Å². The predicted octanol–water partition coefficient (Wildman–Crippen LogP) is 2.90. The lowest BCUT2D eigenvalue weighted by atomic mass is 9.96. The van der Waals surface area contributed by atoms with Crippen LogP contribution in [0.1, 0.15) is 29.9 Å². The number of rotatable bonds is 8. The summed E-state index contributed by atoms with van der Waals surface area (Å²) in [6.07, 6.45) is 1.90. The molecule has 3 nitrogen and oxygen atoms in total. The zero-order chi connectivity index (χ0) is 15.6. The Labute approximate surface area is 132 Å². The van der Waals surface area contributed by atoms with Gasteiger partial charge in [0.25, 0.3) is 0 Å². The van der Waals surface area contributed by atoms with Crippen LogP contribution in [-0.4, -0.2) is 24.2 Å². The van der Waals surface area contributed by atoms with Crippen LogP contribution in [0.5, 0.6) is 0 Å². The van der Waals surface area contributed by atoms with Gasteiger partial charge < -0.3 is 10.4 Å². The Bertz CT molecular complexity index is 554. The first-order valence-electron chi connectivity index (χ1n) is 7.76. The molecule has 0 aliphatic heterocycles. The lowest BCUT2D eigenvalue weighted by Crippen LogP contribution is -2.29. The van der Waals surface area contributed by atoms with Crippen molar-refractivity contribution >= 4 is 5.91 Å². The number of aliphatic hydroxyl groups excluding tert-OH is 1. The summed E-state index contributed by atoms with van der Waals surface area (Å²) in [6, 6.07) is 20.0. The fraction of sp³-hybridized carbons (Fsp3) is 0.316. The molecule has 0 fully saturated rings. The zero-order valence-corrected chi connectivity index (χ0v) is 12.7. The van der Waals surface area contributed by atoms with Gasteiger partial charge in [-0.3, -0.25) is 4.79 Å². The third-order valence-corrected chi connectivity index (χ3v) is 3.78. The van der Waals surface area contributed by atoms with Gasteiger partial charge in [-0.05, 0) is 24.0 Å². The van der Waals surface area contributed by atoms with E-state index in [4.69, 9.17) is 0 Å². The highest BCUT2D eigenvalue weighted by Crippen LogP contribution is 2.18. The van der Waals surface area contributed by atoms with Crippen LogP contribution in [0, 0.1) is 0 Å². The van der Waals surface area contributed by atoms with E-state index in [1.807, 2.05) is 60.7 Å². The molecular weight excluding hydrogens is 274 g/mol. The number of hydrogen-bond donors (Lipinski definition) is 2. The summed E-state index contributed by atoms with van der Waals surface area (Å²) in [5.74, 6) is 0.217. The molecule has 0 saturated carbocycles. The number of carbonyl (C=O) groups is 1. The molecule has 2 N–H and O–H groups in total. The molecule has 1 atom stereocenters. The highest BCUT2D eigenvalue weighted by Gasteiger charge is 2.12. The molecule has 0 aliphatic rings. The first-order valence-corrected chi connectivity index (χ1v) is 7.76. The van der Waals surface area contributed by atoms with Gasteiger partial charge in [-0.25, -0.2) is 0 Å². The van der Waals surface area contributed by atoms with Gasteiger partial charge in [0.05, 0.1) is 0 Å². The minimum atomic E-state index is 0.0581. The lowest BCUT2D eigenvalue weighted by Gasteiger charge is -2.17. The normalized spacial score (nSPS) is 11.9. The number of carbonyl (C=O) groups excluding carboxylic acids is 1. The van der Waals surface area contributed by atoms with Crippen molar-refractivity contribution in [2.45, 2.75) is 25.2 Å². The maximum Gasteiger partial charge on any atom is 0.220 e. The lowest BCUT2D eigenvalue weighted by molar-refractivity contribution is -0.121. The Balaban J connectivity index is 1.80. The summed E-state index contributed by atoms with van der Waals surface area (Å²) in [5.41, 5.74) is 2.33. The average Bonchev–Trinajstić information content (AvgIpc) is 2.58. The standard InChI is InChI=1S/C19H23NO2/c21-14-13-18(17-9-5-2-6-10-17)15-20-19(22)12-11-16-7-3-1-4-8-16/h1-10,18,21H,11-15H2,(H,20,22). The average molecular weight is 297 g/mol. The Hall–Kier alpha value is -2.13. The Morgan fingerprint density at radius 3 is 2.27 bits per heavy atom. The quantitative estimate of drug-likeness (QED) is 0.787. The summed E-state index contributed by atoms with van der Waals surface area (Å²) in [4.78, 5) is 12.0. The van der Waals surface area contributed by atoms with Crippen LogP contribution in [0.4, 0.5) is 0 Å². The molecule has 2 aromatic carbocycles. The number of aliphatic hydroxyl groups is 1. The summed E-state index contributed by atoms with van der Waals surface area (Å²) in [5, 5.41) is 12.2. The zero-order valence-electron chi connectivity index (χ0n) is 12.7. The molecule has 0 saturated heterocycles. The van der Waals surface area contributed by atoms with Crippen LogP contribution in [0.15, 0.2) is 60.7 Å². The molecule has 0 spiro atoms. The molecule has 0 bridgehead atoms. The van der Waals surface area contributed by atoms with Crippen molar-refractivity contribution in [2.24, 2.45) is 0 Å². The molecule has 0 aromatic heterocycles. The molecule has 0 heterocycles. The molecule has 1 amide bonds. The summed E-state index contributed by atoms with van der Waals surface area (Å²) < 4.78 is 0. The molecule has 3 heteroatoms. The van der Waals surface area contributed by atoms with E-state index in [1.165, 1.54) is 5.56 Å². The molecule has 0 aliphatic carbocycles. The van der Waals surface area contributed by atoms with Gasteiger partial charge in [0.2, 0.25) is 5.91 Å². The Kier molecular flexibility index (Phi) is 6.65. The second kappa shape index (κ2) is 9.00. The fourth-order valence-corrected chi connectivity index (χ4v) is 2.50. The molecule has 0 radical (unpaired) electrons. The van der Waals surface area contributed by atoms with Gasteiger partial charge in [0.1, 0.15) is 0 Å². The number of amides is 1. The SMILES string of the molecule is O=C(CCc1ccccc1)NCC(CCO)c1ccccc1. The van der Waals surface area contributed by atoms with Crippen molar-refractivity contribution in [2.75, 3.05) is 13.2 Å². The van der Waals surface area contributed by atoms with Crippen LogP contribution >= 0.6 is 0 Å². The van der Waals surface area contributed by atoms with Crippen LogP contribution in [0.25, 0.3) is 0 Å². The number of aryl methyl sites for hydroxylation is 1. The topological polar surface area (TPSA) is 49.3 Å². The van der Waals surface area contributed by atoms with Crippen molar-refractivity contribution in [3.63, 3.8) is 0 Å². The number of hydrogen-bond acceptors (Lipinski definition) is 2. The van der Waals surface area contributed by atoms with Crippen LogP contribution < -0.4 is 5.32 Å². The molecule has 2 rings (SSSR count). The predicted molar refractivity (Wildman–Crippen MR) is 88.7 cm³/mol. The van der Waals surface area contributed by atoms with Crippen molar-refractivity contribution < 1.29 is 9.90 Å². The largest absolute Gasteiger partial charge is 0.396 e. The van der Waals surface area contributed by atoms with Gasteiger partial charge in [0.15, 0.2) is 0 Å². The number of nitrogens with one attached hydrogen (secondary N) is 1. The van der Waals surface area contributed by atoms with E-state index in [1.54, 1.807) is 0 Å². The van der Waals surface area contributed by atoms with Gasteiger partial charge in [-0.1, -0.05) is 60.7 Å². The van der Waals surface area contributed by atoms with Crippen molar-refractivity contribution in [3.05, 3.63) is 71.8 Å². The third kappa shape index (κ3) is 5.34. The minimum Gasteiger partial charge on any atom is -0.396 e. The van der Waals surface area contributed by atoms with Crippen LogP contribution in [0.2, 0.25) is 0 Å². The molecule has 2 aromatic rings. The Morgan fingerprint density at radius 1 is 1.00 bits per heavy atom. The highest BCUT2D eigenvalue weighted by molar-refractivity contribution is 5.76. The monoisotopic (exact) mass is 297 g/mol. The van der Waals surface area contributed by atoms with E-state index in [-0.39, 0.29) is 18.4 Å². The Morgan fingerprint density at radius 2 is 1.64 bits per heavy atom. The van der Waals surface area contributed by atoms with Crippen molar-refractivity contribution in [3.8, 4) is 0 Å². The van der Waals surface area contributed by atoms with E-state index in [0.29, 0.717) is 19.4 Å². The molecule has 22 heavy (non-hydrogen) atoms. The van der Waals surface area contributed by atoms with Crippen molar-refractivity contribution in [1.82, 2.24) is 5.32 Å². The number of benzene rings is 2. The third-order valence-electron chi connectivity index (χ3n) is 3.78. The van der Waals surface area contributed by atoms with Gasteiger partial charge >= 0.3 is 0 Å². The summed E-state index contributed by atoms with van der Waals surface area (Å²) in [6.45, 7) is 0.692. The van der Waals surface area contributed by atoms with Gasteiger partial charge in [-0.15, -0.1) is 0 Å². The molecule has 1 unspecified atom stereocenters. The van der Waals surface area contributed by atoms with E-state index >= 15 is 0 Å². The van der Waals surface area contributed by atoms with Crippen LogP contribution in [-0.2, 0) is 11.2 Å². The first kappa shape index (κ1) is 16.2. The second-order valence-corrected chi connectivity index (χ2v) is 5.41.